The molecule has 0 heterocycles. The summed E-state index contributed by atoms with van der Waals surface area (Å²) in [4.78, 5) is 0. The summed E-state index contributed by atoms with van der Waals surface area (Å²) in [7, 11) is -3.40. The molecule has 0 spiro atoms. The minimum atomic E-state index is -3.40. The zero-order valence-electron chi connectivity index (χ0n) is 12.8. The molecule has 20 heavy (non-hydrogen) atoms. The molecule has 0 aliphatic heterocycles. The van der Waals surface area contributed by atoms with E-state index in [1.807, 2.05) is 6.92 Å². The third kappa shape index (κ3) is 3.35. The van der Waals surface area contributed by atoms with E-state index in [1.165, 1.54) is 6.42 Å². The van der Waals surface area contributed by atoms with Crippen molar-refractivity contribution in [2.24, 2.45) is 11.7 Å². The number of nitrogens with two attached hydrogens (primary N) is 1. The quantitative estimate of drug-likeness (QED) is 0.750. The summed E-state index contributed by atoms with van der Waals surface area (Å²) >= 11 is 0. The van der Waals surface area contributed by atoms with Gasteiger partial charge in [-0.2, -0.15) is 17.4 Å². The molecule has 0 saturated heterocycles. The second kappa shape index (κ2) is 6.30. The molecule has 0 atom stereocenters. The van der Waals surface area contributed by atoms with Crippen LogP contribution in [-0.2, 0) is 10.2 Å². The second-order valence-electron chi connectivity index (χ2n) is 6.34. The van der Waals surface area contributed by atoms with Crippen molar-refractivity contribution in [3.05, 3.63) is 0 Å². The maximum atomic E-state index is 12.6. The van der Waals surface area contributed by atoms with Crippen LogP contribution in [0, 0.1) is 5.92 Å². The second-order valence-corrected chi connectivity index (χ2v) is 7.97. The molecule has 2 fully saturated rings. The largest absolute Gasteiger partial charge is 0.329 e. The highest BCUT2D eigenvalue weighted by molar-refractivity contribution is 7.87. The highest BCUT2D eigenvalue weighted by Crippen LogP contribution is 2.38. The van der Waals surface area contributed by atoms with Crippen LogP contribution in [0.15, 0.2) is 0 Å². The number of rotatable bonds is 7. The maximum absolute atomic E-state index is 12.6. The van der Waals surface area contributed by atoms with E-state index in [1.54, 1.807) is 4.31 Å². The van der Waals surface area contributed by atoms with Gasteiger partial charge < -0.3 is 5.73 Å². The Labute approximate surface area is 123 Å². The summed E-state index contributed by atoms with van der Waals surface area (Å²) in [6, 6.07) is 0.149. The lowest BCUT2D eigenvalue weighted by Crippen LogP contribution is -2.60. The van der Waals surface area contributed by atoms with E-state index in [-0.39, 0.29) is 11.6 Å². The van der Waals surface area contributed by atoms with Crippen LogP contribution in [0.2, 0.25) is 0 Å². The highest BCUT2D eigenvalue weighted by Gasteiger charge is 2.45. The van der Waals surface area contributed by atoms with Crippen LogP contribution in [0.25, 0.3) is 0 Å². The first-order valence-electron chi connectivity index (χ1n) is 7.97. The number of nitrogens with one attached hydrogen (secondary N) is 1. The van der Waals surface area contributed by atoms with Crippen molar-refractivity contribution in [3.8, 4) is 0 Å². The molecule has 3 N–H and O–H groups in total. The minimum Gasteiger partial charge on any atom is -0.329 e. The molecular formula is C14H29N3O2S. The van der Waals surface area contributed by atoms with Gasteiger partial charge in [0.05, 0.1) is 0 Å². The van der Waals surface area contributed by atoms with Crippen molar-refractivity contribution in [1.82, 2.24) is 9.03 Å². The number of hydrogen-bond donors (Lipinski definition) is 2. The molecule has 6 heteroatoms. The predicted molar refractivity (Wildman–Crippen MR) is 81.5 cm³/mol. The van der Waals surface area contributed by atoms with E-state index in [9.17, 15) is 8.42 Å². The molecule has 0 amide bonds. The maximum Gasteiger partial charge on any atom is 0.280 e. The molecule has 2 rings (SSSR count). The fourth-order valence-corrected chi connectivity index (χ4v) is 5.31. The molecular weight excluding hydrogens is 274 g/mol. The summed E-state index contributed by atoms with van der Waals surface area (Å²) in [5.74, 6) is 0.729. The molecule has 0 unspecified atom stereocenters. The zero-order valence-corrected chi connectivity index (χ0v) is 13.6. The van der Waals surface area contributed by atoms with Crippen LogP contribution < -0.4 is 10.5 Å². The van der Waals surface area contributed by atoms with Crippen molar-refractivity contribution >= 4 is 10.2 Å². The summed E-state index contributed by atoms with van der Waals surface area (Å²) in [5, 5.41) is 0. The van der Waals surface area contributed by atoms with Gasteiger partial charge in [0.2, 0.25) is 0 Å². The Morgan fingerprint density at radius 1 is 1.20 bits per heavy atom. The van der Waals surface area contributed by atoms with Gasteiger partial charge in [-0.3, -0.25) is 0 Å². The Balaban J connectivity index is 2.14. The average molecular weight is 303 g/mol. The number of likely N-dealkylation sites (N-methyl/N-ethyl adjacent to an activating group) is 1. The predicted octanol–water partition coefficient (Wildman–Crippen LogP) is 1.60. The summed E-state index contributed by atoms with van der Waals surface area (Å²) in [6.45, 7) is 5.04. The first-order chi connectivity index (χ1) is 9.47. The normalized spacial score (nSPS) is 31.7. The van der Waals surface area contributed by atoms with E-state index in [4.69, 9.17) is 5.73 Å². The van der Waals surface area contributed by atoms with Crippen LogP contribution in [0.5, 0.6) is 0 Å². The number of nitrogens with zero attached hydrogens (tertiary/aromatic N) is 1. The third-order valence-electron chi connectivity index (χ3n) is 4.99. The van der Waals surface area contributed by atoms with E-state index in [2.05, 4.69) is 11.6 Å². The lowest BCUT2D eigenvalue weighted by Gasteiger charge is -2.46. The van der Waals surface area contributed by atoms with Gasteiger partial charge in [0.15, 0.2) is 0 Å². The standard InChI is InChI=1S/C14H29N3O2S/c1-3-12-7-9-14(11-15,10-8-12)17(4-2)20(18,19)16-13-5-6-13/h12-13,16H,3-11,15H2,1-2H3. The third-order valence-corrected chi connectivity index (χ3v) is 6.85. The van der Waals surface area contributed by atoms with Crippen molar-refractivity contribution in [3.63, 3.8) is 0 Å². The lowest BCUT2D eigenvalue weighted by molar-refractivity contribution is 0.113. The molecule has 118 valence electrons. The first kappa shape index (κ1) is 16.2. The van der Waals surface area contributed by atoms with Crippen molar-refractivity contribution < 1.29 is 8.42 Å². The monoisotopic (exact) mass is 303 g/mol. The first-order valence-corrected chi connectivity index (χ1v) is 9.41. The molecule has 0 aromatic rings. The summed E-state index contributed by atoms with van der Waals surface area (Å²) < 4.78 is 29.6. The summed E-state index contributed by atoms with van der Waals surface area (Å²) in [5.41, 5.74) is 5.64. The van der Waals surface area contributed by atoms with Gasteiger partial charge in [0.25, 0.3) is 10.2 Å². The average Bonchev–Trinajstić information content (AvgIpc) is 3.23. The SMILES string of the molecule is CCC1CCC(CN)(N(CC)S(=O)(=O)NC2CC2)CC1. The van der Waals surface area contributed by atoms with Gasteiger partial charge in [0, 0.05) is 24.7 Å². The molecule has 2 aliphatic carbocycles. The molecule has 0 aromatic carbocycles. The van der Waals surface area contributed by atoms with Gasteiger partial charge in [-0.25, -0.2) is 0 Å². The van der Waals surface area contributed by atoms with Crippen LogP contribution >= 0.6 is 0 Å². The molecule has 2 aliphatic rings. The van der Waals surface area contributed by atoms with E-state index < -0.39 is 10.2 Å². The van der Waals surface area contributed by atoms with Crippen LogP contribution in [0.1, 0.15) is 58.8 Å². The Bertz CT molecular complexity index is 412. The van der Waals surface area contributed by atoms with Gasteiger partial charge in [-0.15, -0.1) is 0 Å². The van der Waals surface area contributed by atoms with Crippen LogP contribution in [0.3, 0.4) is 0 Å². The summed E-state index contributed by atoms with van der Waals surface area (Å²) in [6.07, 6.45) is 7.06. The Hall–Kier alpha value is -0.170. The van der Waals surface area contributed by atoms with Crippen molar-refractivity contribution in [1.29, 1.82) is 0 Å². The highest BCUT2D eigenvalue weighted by atomic mass is 32.2. The van der Waals surface area contributed by atoms with E-state index in [0.717, 1.165) is 44.4 Å². The minimum absolute atomic E-state index is 0.149. The topological polar surface area (TPSA) is 75.4 Å². The van der Waals surface area contributed by atoms with Gasteiger partial charge >= 0.3 is 0 Å². The Morgan fingerprint density at radius 2 is 1.80 bits per heavy atom. The lowest BCUT2D eigenvalue weighted by atomic mass is 9.75. The fourth-order valence-electron chi connectivity index (χ4n) is 3.41. The van der Waals surface area contributed by atoms with E-state index >= 15 is 0 Å². The van der Waals surface area contributed by atoms with Crippen molar-refractivity contribution in [2.75, 3.05) is 13.1 Å². The van der Waals surface area contributed by atoms with Gasteiger partial charge in [-0.05, 0) is 44.4 Å². The van der Waals surface area contributed by atoms with E-state index in [0.29, 0.717) is 13.1 Å². The van der Waals surface area contributed by atoms with Crippen LogP contribution in [0.4, 0.5) is 0 Å². The zero-order chi connectivity index (χ0) is 14.8. The fraction of sp³-hybridized carbons (Fsp3) is 1.00. The Kier molecular flexibility index (Phi) is 5.10. The molecule has 0 radical (unpaired) electrons. The molecule has 2 saturated carbocycles. The van der Waals surface area contributed by atoms with Crippen molar-refractivity contribution in [2.45, 2.75) is 70.4 Å². The molecule has 0 bridgehead atoms. The Morgan fingerprint density at radius 3 is 2.20 bits per heavy atom. The smallest absolute Gasteiger partial charge is 0.280 e. The molecule has 5 nitrogen and oxygen atoms in total. The number of hydrogen-bond acceptors (Lipinski definition) is 3. The molecule has 0 aromatic heterocycles. The van der Waals surface area contributed by atoms with Gasteiger partial charge in [0.1, 0.15) is 0 Å². The van der Waals surface area contributed by atoms with Crippen LogP contribution in [-0.4, -0.2) is 37.4 Å². The van der Waals surface area contributed by atoms with Gasteiger partial charge in [-0.1, -0.05) is 20.3 Å².